The van der Waals surface area contributed by atoms with Gasteiger partial charge in [0.25, 0.3) is 0 Å². The summed E-state index contributed by atoms with van der Waals surface area (Å²) < 4.78 is 0. The number of aldehydes is 1. The van der Waals surface area contributed by atoms with Gasteiger partial charge in [0.1, 0.15) is 11.9 Å². The van der Waals surface area contributed by atoms with Gasteiger partial charge in [-0.2, -0.15) is 0 Å². The predicted molar refractivity (Wildman–Crippen MR) is 118 cm³/mol. The number of hydrazine groups is 1. The number of rotatable bonds is 3. The van der Waals surface area contributed by atoms with Gasteiger partial charge in [0.15, 0.2) is 0 Å². The van der Waals surface area contributed by atoms with Crippen LogP contribution in [0.2, 0.25) is 0 Å². The molecule has 0 atom stereocenters. The fraction of sp³-hybridized carbons (Fsp3) is 0.391. The number of pyridine rings is 1. The van der Waals surface area contributed by atoms with E-state index in [2.05, 4.69) is 56.5 Å². The molecule has 0 spiro atoms. The van der Waals surface area contributed by atoms with Crippen molar-refractivity contribution < 1.29 is 4.79 Å². The zero-order valence-electron chi connectivity index (χ0n) is 16.9. The lowest BCUT2D eigenvalue weighted by Crippen LogP contribution is -2.10. The third kappa shape index (κ3) is 4.43. The predicted octanol–water partition coefficient (Wildman–Crippen LogP) is 5.38. The Morgan fingerprint density at radius 2 is 1.90 bits per heavy atom. The van der Waals surface area contributed by atoms with Gasteiger partial charge in [-0.1, -0.05) is 25.7 Å². The number of fused-ring (bicyclic) bond motifs is 2. The molecule has 0 unspecified atom stereocenters. The highest BCUT2D eigenvalue weighted by Crippen LogP contribution is 2.35. The smallest absolute Gasteiger partial charge is 0.139 e. The summed E-state index contributed by atoms with van der Waals surface area (Å²) in [7, 11) is 0. The summed E-state index contributed by atoms with van der Waals surface area (Å²) in [6.45, 7) is 2.30. The number of carbonyl (C=O) groups is 1. The third-order valence-corrected chi connectivity index (χ3v) is 5.73. The van der Waals surface area contributed by atoms with Crippen LogP contribution in [0.25, 0.3) is 11.0 Å². The van der Waals surface area contributed by atoms with Gasteiger partial charge < -0.3 is 20.5 Å². The lowest BCUT2D eigenvalue weighted by molar-refractivity contribution is -0.106. The molecule has 3 aromatic rings. The van der Waals surface area contributed by atoms with E-state index in [4.69, 9.17) is 4.79 Å². The number of carbonyl (C=O) groups excluding carboxylic acids is 1. The number of H-pyrrole nitrogens is 1. The van der Waals surface area contributed by atoms with Crippen molar-refractivity contribution >= 4 is 34.4 Å². The van der Waals surface area contributed by atoms with Crippen LogP contribution in [0.5, 0.6) is 0 Å². The van der Waals surface area contributed by atoms with Crippen molar-refractivity contribution in [1.29, 1.82) is 0 Å². The second kappa shape index (κ2) is 9.09. The summed E-state index contributed by atoms with van der Waals surface area (Å²) in [6.07, 6.45) is 10.7. The van der Waals surface area contributed by atoms with E-state index in [9.17, 15) is 0 Å². The molecule has 6 nitrogen and oxygen atoms in total. The van der Waals surface area contributed by atoms with Crippen LogP contribution in [0.4, 0.5) is 17.1 Å². The molecule has 1 aliphatic heterocycles. The molecule has 152 valence electrons. The van der Waals surface area contributed by atoms with E-state index in [0.717, 1.165) is 35.5 Å². The summed E-state index contributed by atoms with van der Waals surface area (Å²) in [4.78, 5) is 17.0. The minimum atomic E-state index is 0.650. The summed E-state index contributed by atoms with van der Waals surface area (Å²) in [5.74, 6) is 0.650. The molecule has 29 heavy (non-hydrogen) atoms. The number of anilines is 3. The highest BCUT2D eigenvalue weighted by molar-refractivity contribution is 5.92. The number of nitrogens with zero attached hydrogens (tertiary/aromatic N) is 1. The average Bonchev–Trinajstić information content (AvgIpc) is 3.28. The molecular formula is C23H29N5O. The van der Waals surface area contributed by atoms with Crippen molar-refractivity contribution in [3.63, 3.8) is 0 Å². The molecule has 3 heterocycles. The number of hydrogen-bond acceptors (Lipinski definition) is 5. The first-order valence-electron chi connectivity index (χ1n) is 10.5. The molecule has 0 saturated heterocycles. The fourth-order valence-electron chi connectivity index (χ4n) is 4.30. The molecule has 1 aliphatic carbocycles. The molecule has 1 aromatic carbocycles. The van der Waals surface area contributed by atoms with Gasteiger partial charge in [0.2, 0.25) is 0 Å². The van der Waals surface area contributed by atoms with Crippen LogP contribution in [0, 0.1) is 0 Å². The van der Waals surface area contributed by atoms with Gasteiger partial charge >= 0.3 is 0 Å². The van der Waals surface area contributed by atoms with Gasteiger partial charge in [-0.3, -0.25) is 0 Å². The van der Waals surface area contributed by atoms with Crippen molar-refractivity contribution in [3.8, 4) is 0 Å². The Morgan fingerprint density at radius 3 is 2.69 bits per heavy atom. The molecule has 4 N–H and O–H groups in total. The molecule has 6 heteroatoms. The minimum absolute atomic E-state index is 0.650. The van der Waals surface area contributed by atoms with Gasteiger partial charge in [-0.25, -0.2) is 10.4 Å². The maximum absolute atomic E-state index is 8.81. The Hall–Kier alpha value is -2.86. The lowest BCUT2D eigenvalue weighted by Gasteiger charge is -2.11. The fourth-order valence-corrected chi connectivity index (χ4v) is 4.30. The molecule has 0 amide bonds. The average molecular weight is 392 g/mol. The first kappa shape index (κ1) is 19.5. The minimum Gasteiger partial charge on any atom is -0.355 e. The topological polar surface area (TPSA) is 81.8 Å². The number of aromatic amines is 1. The first-order valence-corrected chi connectivity index (χ1v) is 10.5. The van der Waals surface area contributed by atoms with Crippen molar-refractivity contribution in [2.24, 2.45) is 0 Å². The monoisotopic (exact) mass is 391 g/mol. The van der Waals surface area contributed by atoms with Crippen molar-refractivity contribution in [2.75, 3.05) is 10.7 Å². The second-order valence-corrected chi connectivity index (χ2v) is 7.75. The SMILES string of the molecule is CC=O.c1cc(Nc2ccc3c(c2)CNN3)c2cc(C3CCCCCC3)[nH]c2n1. The summed E-state index contributed by atoms with van der Waals surface area (Å²) in [5, 5.41) is 4.77. The van der Waals surface area contributed by atoms with E-state index in [0.29, 0.717) is 5.92 Å². The maximum atomic E-state index is 8.81. The van der Waals surface area contributed by atoms with E-state index >= 15 is 0 Å². The number of nitrogens with one attached hydrogen (secondary N) is 4. The molecule has 5 rings (SSSR count). The van der Waals surface area contributed by atoms with Crippen LogP contribution in [0.3, 0.4) is 0 Å². The second-order valence-electron chi connectivity index (χ2n) is 7.75. The Kier molecular flexibility index (Phi) is 6.10. The maximum Gasteiger partial charge on any atom is 0.139 e. The van der Waals surface area contributed by atoms with E-state index in [1.165, 1.54) is 62.1 Å². The van der Waals surface area contributed by atoms with Gasteiger partial charge in [0, 0.05) is 29.5 Å². The van der Waals surface area contributed by atoms with Crippen LogP contribution in [0.1, 0.15) is 62.6 Å². The van der Waals surface area contributed by atoms with Gasteiger partial charge in [-0.15, -0.1) is 0 Å². The molecule has 1 fully saturated rings. The Morgan fingerprint density at radius 1 is 1.10 bits per heavy atom. The Bertz CT molecular complexity index is 973. The molecular weight excluding hydrogens is 362 g/mol. The van der Waals surface area contributed by atoms with Crippen molar-refractivity contribution in [1.82, 2.24) is 15.4 Å². The quantitative estimate of drug-likeness (QED) is 0.356. The summed E-state index contributed by atoms with van der Waals surface area (Å²) in [5.41, 5.74) is 13.3. The number of aromatic nitrogens is 2. The van der Waals surface area contributed by atoms with Crippen LogP contribution >= 0.6 is 0 Å². The Balaban J connectivity index is 0.000000645. The van der Waals surface area contributed by atoms with Crippen molar-refractivity contribution in [2.45, 2.75) is 57.9 Å². The van der Waals surface area contributed by atoms with E-state index < -0.39 is 0 Å². The third-order valence-electron chi connectivity index (χ3n) is 5.73. The number of benzene rings is 1. The van der Waals surface area contributed by atoms with Crippen LogP contribution in [0.15, 0.2) is 36.5 Å². The zero-order valence-corrected chi connectivity index (χ0v) is 16.9. The zero-order chi connectivity index (χ0) is 20.1. The lowest BCUT2D eigenvalue weighted by atomic mass is 9.97. The first-order chi connectivity index (χ1) is 14.3. The molecule has 2 aliphatic rings. The number of hydrogen-bond donors (Lipinski definition) is 4. The van der Waals surface area contributed by atoms with Crippen LogP contribution in [-0.2, 0) is 11.3 Å². The summed E-state index contributed by atoms with van der Waals surface area (Å²) in [6, 6.07) is 10.8. The highest BCUT2D eigenvalue weighted by Gasteiger charge is 2.18. The normalized spacial score (nSPS) is 16.3. The van der Waals surface area contributed by atoms with Gasteiger partial charge in [0.05, 0.1) is 11.4 Å². The standard InChI is InChI=1S/C21H25N5.C2H4O/c1-2-4-6-14(5-3-1)20-12-17-19(9-10-22-21(17)25-20)24-16-7-8-18-15(11-16)13-23-26-18;1-2-3/h7-12,14,23,26H,1-6,13H2,(H2,22,24,25);2H,1H3. The highest BCUT2D eigenvalue weighted by atomic mass is 16.1. The molecule has 1 saturated carbocycles. The van der Waals surface area contributed by atoms with E-state index in [-0.39, 0.29) is 0 Å². The van der Waals surface area contributed by atoms with E-state index in [1.54, 1.807) is 0 Å². The molecule has 0 bridgehead atoms. The molecule has 0 radical (unpaired) electrons. The molecule has 2 aromatic heterocycles. The van der Waals surface area contributed by atoms with Crippen LogP contribution in [-0.4, -0.2) is 16.3 Å². The largest absolute Gasteiger partial charge is 0.355 e. The van der Waals surface area contributed by atoms with Gasteiger partial charge in [-0.05, 0) is 61.6 Å². The van der Waals surface area contributed by atoms with Crippen molar-refractivity contribution in [3.05, 3.63) is 47.8 Å². The van der Waals surface area contributed by atoms with E-state index in [1.807, 2.05) is 6.20 Å². The summed E-state index contributed by atoms with van der Waals surface area (Å²) >= 11 is 0. The Labute approximate surface area is 171 Å². The van der Waals surface area contributed by atoms with Crippen LogP contribution < -0.4 is 16.2 Å².